The average molecular weight is 181 g/mol. The third kappa shape index (κ3) is 2.21. The maximum atomic E-state index is 11.6. The summed E-state index contributed by atoms with van der Waals surface area (Å²) in [5, 5.41) is 0. The van der Waals surface area contributed by atoms with Gasteiger partial charge < -0.3 is 4.90 Å². The van der Waals surface area contributed by atoms with Gasteiger partial charge in [0.15, 0.2) is 5.78 Å². The number of ketones is 1. The Hall–Kier alpha value is -1.07. The van der Waals surface area contributed by atoms with Crippen LogP contribution >= 0.6 is 0 Å². The molecule has 0 atom stereocenters. The van der Waals surface area contributed by atoms with Crippen LogP contribution in [-0.4, -0.2) is 35.9 Å². The molecule has 1 aliphatic rings. The second-order valence-corrected chi connectivity index (χ2v) is 2.58. The fraction of sp³-hybridized carbons (Fsp3) is 0.667. The number of carbonyl (C=O) groups is 2. The van der Waals surface area contributed by atoms with E-state index in [2.05, 4.69) is 0 Å². The summed E-state index contributed by atoms with van der Waals surface area (Å²) in [4.78, 5) is 21.8. The van der Waals surface area contributed by atoms with Crippen LogP contribution in [0.3, 0.4) is 0 Å². The van der Waals surface area contributed by atoms with Crippen molar-refractivity contribution in [3.63, 3.8) is 0 Å². The number of likely N-dealkylation sites (tertiary alicyclic amines) is 1. The molecule has 1 rings (SSSR count). The van der Waals surface area contributed by atoms with Crippen LogP contribution in [0.15, 0.2) is 0 Å². The molecule has 0 aromatic heterocycles. The molecule has 1 amide bonds. The lowest BCUT2D eigenvalue weighted by atomic mass is 10.2. The highest BCUT2D eigenvalue weighted by molar-refractivity contribution is 5.96. The molecular formula is C6H6F3NO2. The standard InChI is InChI=1S/C6H6F3NO2/c7-6(8,9)1-5(12)10-2-4(11)3-10/h1-3H2. The zero-order valence-corrected chi connectivity index (χ0v) is 6.02. The largest absolute Gasteiger partial charge is 0.397 e. The molecule has 68 valence electrons. The van der Waals surface area contributed by atoms with Crippen LogP contribution in [0.5, 0.6) is 0 Å². The number of nitrogens with zero attached hydrogens (tertiary/aromatic N) is 1. The van der Waals surface area contributed by atoms with Crippen molar-refractivity contribution in [3.8, 4) is 0 Å². The molecule has 0 aliphatic carbocycles. The lowest BCUT2D eigenvalue weighted by Gasteiger charge is -2.29. The van der Waals surface area contributed by atoms with Gasteiger partial charge in [-0.3, -0.25) is 9.59 Å². The van der Waals surface area contributed by atoms with Gasteiger partial charge in [0, 0.05) is 0 Å². The minimum absolute atomic E-state index is 0.172. The van der Waals surface area contributed by atoms with Crippen molar-refractivity contribution < 1.29 is 22.8 Å². The molecule has 1 aliphatic heterocycles. The minimum Gasteiger partial charge on any atom is -0.328 e. The monoisotopic (exact) mass is 181 g/mol. The number of rotatable bonds is 1. The Bertz CT molecular complexity index is 215. The molecule has 0 saturated carbocycles. The first-order valence-corrected chi connectivity index (χ1v) is 3.25. The molecule has 3 nitrogen and oxygen atoms in total. The molecule has 6 heteroatoms. The zero-order chi connectivity index (χ0) is 9.35. The summed E-state index contributed by atoms with van der Waals surface area (Å²) in [6.45, 7) is -0.343. The summed E-state index contributed by atoms with van der Waals surface area (Å²) < 4.78 is 34.8. The first-order chi connectivity index (χ1) is 5.38. The van der Waals surface area contributed by atoms with Crippen LogP contribution in [0.25, 0.3) is 0 Å². The van der Waals surface area contributed by atoms with Gasteiger partial charge in [-0.1, -0.05) is 0 Å². The van der Waals surface area contributed by atoms with Crippen molar-refractivity contribution in [2.45, 2.75) is 12.6 Å². The second-order valence-electron chi connectivity index (χ2n) is 2.58. The fourth-order valence-corrected chi connectivity index (χ4v) is 0.839. The lowest BCUT2D eigenvalue weighted by Crippen LogP contribution is -2.51. The molecule has 12 heavy (non-hydrogen) atoms. The topological polar surface area (TPSA) is 37.4 Å². The highest BCUT2D eigenvalue weighted by Gasteiger charge is 2.37. The van der Waals surface area contributed by atoms with Crippen LogP contribution in [0.1, 0.15) is 6.42 Å². The number of halogens is 3. The van der Waals surface area contributed by atoms with Crippen molar-refractivity contribution in [2.24, 2.45) is 0 Å². The molecule has 1 saturated heterocycles. The summed E-state index contributed by atoms with van der Waals surface area (Å²) >= 11 is 0. The predicted molar refractivity (Wildman–Crippen MR) is 32.3 cm³/mol. The third-order valence-corrected chi connectivity index (χ3v) is 1.44. The maximum Gasteiger partial charge on any atom is 0.397 e. The van der Waals surface area contributed by atoms with Gasteiger partial charge in [0.05, 0.1) is 13.1 Å². The molecule has 1 fully saturated rings. The van der Waals surface area contributed by atoms with E-state index in [1.807, 2.05) is 0 Å². The highest BCUT2D eigenvalue weighted by atomic mass is 19.4. The van der Waals surface area contributed by atoms with Crippen molar-refractivity contribution in [1.29, 1.82) is 0 Å². The molecule has 0 aromatic rings. The van der Waals surface area contributed by atoms with E-state index in [1.54, 1.807) is 0 Å². The minimum atomic E-state index is -4.48. The number of Topliss-reactive ketones (excluding diaryl/α,β-unsaturated/α-hetero) is 1. The number of amides is 1. The smallest absolute Gasteiger partial charge is 0.328 e. The summed E-state index contributed by atoms with van der Waals surface area (Å²) in [6.07, 6.45) is -5.95. The van der Waals surface area contributed by atoms with Gasteiger partial charge in [-0.15, -0.1) is 0 Å². The van der Waals surface area contributed by atoms with E-state index in [9.17, 15) is 22.8 Å². The Morgan fingerprint density at radius 2 is 1.92 bits per heavy atom. The normalized spacial score (nSPS) is 17.6. The number of hydrogen-bond acceptors (Lipinski definition) is 2. The van der Waals surface area contributed by atoms with Crippen LogP contribution in [-0.2, 0) is 9.59 Å². The maximum absolute atomic E-state index is 11.6. The highest BCUT2D eigenvalue weighted by Crippen LogP contribution is 2.21. The summed E-state index contributed by atoms with van der Waals surface area (Å²) in [6, 6.07) is 0. The van der Waals surface area contributed by atoms with Crippen molar-refractivity contribution in [2.75, 3.05) is 13.1 Å². The molecule has 1 heterocycles. The van der Waals surface area contributed by atoms with Crippen LogP contribution in [0.2, 0.25) is 0 Å². The van der Waals surface area contributed by atoms with E-state index in [-0.39, 0.29) is 18.9 Å². The van der Waals surface area contributed by atoms with Crippen LogP contribution in [0.4, 0.5) is 13.2 Å². The van der Waals surface area contributed by atoms with Crippen LogP contribution in [0, 0.1) is 0 Å². The first kappa shape index (κ1) is 9.02. The van der Waals surface area contributed by atoms with Gasteiger partial charge in [-0.2, -0.15) is 13.2 Å². The van der Waals surface area contributed by atoms with Gasteiger partial charge in [-0.05, 0) is 0 Å². The molecule has 0 radical (unpaired) electrons. The first-order valence-electron chi connectivity index (χ1n) is 3.25. The van der Waals surface area contributed by atoms with Gasteiger partial charge in [-0.25, -0.2) is 0 Å². The molecular weight excluding hydrogens is 175 g/mol. The van der Waals surface area contributed by atoms with E-state index in [4.69, 9.17) is 0 Å². The third-order valence-electron chi connectivity index (χ3n) is 1.44. The Labute approximate surface area is 66.1 Å². The molecule has 0 spiro atoms. The quantitative estimate of drug-likeness (QED) is 0.585. The fourth-order valence-electron chi connectivity index (χ4n) is 0.839. The van der Waals surface area contributed by atoms with E-state index in [1.165, 1.54) is 0 Å². The zero-order valence-electron chi connectivity index (χ0n) is 6.02. The van der Waals surface area contributed by atoms with Gasteiger partial charge in [0.1, 0.15) is 6.42 Å². The summed E-state index contributed by atoms with van der Waals surface area (Å²) in [5.41, 5.74) is 0. The number of hydrogen-bond donors (Lipinski definition) is 0. The Kier molecular flexibility index (Phi) is 2.08. The Balaban J connectivity index is 2.35. The number of carbonyl (C=O) groups excluding carboxylic acids is 2. The van der Waals surface area contributed by atoms with Gasteiger partial charge in [0.25, 0.3) is 0 Å². The summed E-state index contributed by atoms with van der Waals surface area (Å²) in [7, 11) is 0. The van der Waals surface area contributed by atoms with E-state index >= 15 is 0 Å². The lowest BCUT2D eigenvalue weighted by molar-refractivity contribution is -0.166. The average Bonchev–Trinajstić information content (AvgIpc) is 1.76. The van der Waals surface area contributed by atoms with Crippen molar-refractivity contribution in [3.05, 3.63) is 0 Å². The predicted octanol–water partition coefficient (Wildman–Crippen LogP) is 0.350. The van der Waals surface area contributed by atoms with E-state index in [0.29, 0.717) is 0 Å². The van der Waals surface area contributed by atoms with Crippen LogP contribution < -0.4 is 0 Å². The van der Waals surface area contributed by atoms with E-state index < -0.39 is 18.5 Å². The van der Waals surface area contributed by atoms with E-state index in [0.717, 1.165) is 4.90 Å². The SMILES string of the molecule is O=C1CN(C(=O)CC(F)(F)F)C1. The van der Waals surface area contributed by atoms with Crippen molar-refractivity contribution >= 4 is 11.7 Å². The summed E-state index contributed by atoms with van der Waals surface area (Å²) in [5.74, 6) is -1.23. The molecule has 0 aromatic carbocycles. The molecule has 0 unspecified atom stereocenters. The Morgan fingerprint density at radius 1 is 1.42 bits per heavy atom. The van der Waals surface area contributed by atoms with Gasteiger partial charge in [0.2, 0.25) is 5.91 Å². The number of alkyl halides is 3. The Morgan fingerprint density at radius 3 is 2.25 bits per heavy atom. The second kappa shape index (κ2) is 2.76. The molecule has 0 bridgehead atoms. The molecule has 0 N–H and O–H groups in total. The van der Waals surface area contributed by atoms with Crippen molar-refractivity contribution in [1.82, 2.24) is 4.90 Å². The van der Waals surface area contributed by atoms with Gasteiger partial charge >= 0.3 is 6.18 Å².